The molecule has 0 saturated heterocycles. The molecular weight excluding hydrogens is 350 g/mol. The Morgan fingerprint density at radius 1 is 1.00 bits per heavy atom. The zero-order valence-corrected chi connectivity index (χ0v) is 14.7. The minimum atomic E-state index is -0.681. The number of fused-ring (bicyclic) bond motifs is 1. The fraction of sp³-hybridized carbons (Fsp3) is 0.100. The number of benzene rings is 2. The Bertz CT molecular complexity index is 1140. The summed E-state index contributed by atoms with van der Waals surface area (Å²) in [4.78, 5) is 4.56. The van der Waals surface area contributed by atoms with Gasteiger partial charge >= 0.3 is 0 Å². The number of anilines is 2. The monoisotopic (exact) mass is 366 g/mol. The van der Waals surface area contributed by atoms with Crippen LogP contribution in [0.5, 0.6) is 5.75 Å². The predicted octanol–water partition coefficient (Wildman–Crippen LogP) is 4.96. The molecule has 0 atom stereocenters. The molecule has 0 aliphatic rings. The standard InChI is InChI=1S/C20H16F2N4O/c1-11-8-19(26-25-11)23-18-10-15-13(4-3-5-17(15)27-2)20(24-18)14-7-6-12(21)9-16(14)22/h3-10H,1-2H3,(H2,23,24,25,26). The van der Waals surface area contributed by atoms with E-state index in [2.05, 4.69) is 20.5 Å². The molecule has 4 rings (SSSR count). The maximum atomic E-state index is 14.5. The normalized spacial score (nSPS) is 11.0. The van der Waals surface area contributed by atoms with E-state index < -0.39 is 11.6 Å². The van der Waals surface area contributed by atoms with Crippen molar-refractivity contribution in [2.24, 2.45) is 0 Å². The van der Waals surface area contributed by atoms with Crippen LogP contribution in [-0.4, -0.2) is 22.3 Å². The molecule has 0 unspecified atom stereocenters. The average Bonchev–Trinajstić information content (AvgIpc) is 3.05. The molecule has 27 heavy (non-hydrogen) atoms. The largest absolute Gasteiger partial charge is 0.496 e. The smallest absolute Gasteiger partial charge is 0.153 e. The molecule has 4 aromatic rings. The van der Waals surface area contributed by atoms with Crippen molar-refractivity contribution in [2.45, 2.75) is 6.92 Å². The van der Waals surface area contributed by atoms with Crippen molar-refractivity contribution in [3.05, 3.63) is 65.9 Å². The van der Waals surface area contributed by atoms with Crippen LogP contribution in [0.15, 0.2) is 48.5 Å². The molecule has 0 bridgehead atoms. The van der Waals surface area contributed by atoms with Crippen molar-refractivity contribution in [1.82, 2.24) is 15.2 Å². The van der Waals surface area contributed by atoms with E-state index in [4.69, 9.17) is 4.74 Å². The van der Waals surface area contributed by atoms with E-state index >= 15 is 0 Å². The molecule has 0 fully saturated rings. The third kappa shape index (κ3) is 3.19. The summed E-state index contributed by atoms with van der Waals surface area (Å²) < 4.78 is 33.3. The molecule has 0 radical (unpaired) electrons. The van der Waals surface area contributed by atoms with Gasteiger partial charge in [-0.15, -0.1) is 0 Å². The first-order valence-electron chi connectivity index (χ1n) is 8.27. The zero-order chi connectivity index (χ0) is 19.0. The molecule has 7 heteroatoms. The molecule has 5 nitrogen and oxygen atoms in total. The molecule has 0 amide bonds. The molecule has 136 valence electrons. The van der Waals surface area contributed by atoms with Gasteiger partial charge in [-0.1, -0.05) is 12.1 Å². The summed E-state index contributed by atoms with van der Waals surface area (Å²) >= 11 is 0. The number of ether oxygens (including phenoxy) is 1. The minimum Gasteiger partial charge on any atom is -0.496 e. The molecule has 0 saturated carbocycles. The van der Waals surface area contributed by atoms with Crippen molar-refractivity contribution < 1.29 is 13.5 Å². The van der Waals surface area contributed by atoms with Crippen LogP contribution < -0.4 is 10.1 Å². The SMILES string of the molecule is COc1cccc2c(-c3ccc(F)cc3F)nc(Nc3cc(C)[nH]n3)cc12. The first kappa shape index (κ1) is 17.0. The number of aryl methyl sites for hydroxylation is 1. The van der Waals surface area contributed by atoms with Gasteiger partial charge in [0.25, 0.3) is 0 Å². The van der Waals surface area contributed by atoms with Crippen molar-refractivity contribution in [1.29, 1.82) is 0 Å². The van der Waals surface area contributed by atoms with Crippen LogP contribution in [0.2, 0.25) is 0 Å². The summed E-state index contributed by atoms with van der Waals surface area (Å²) in [5, 5.41) is 11.5. The van der Waals surface area contributed by atoms with Gasteiger partial charge in [0.1, 0.15) is 23.2 Å². The molecule has 2 aromatic heterocycles. The number of nitrogens with zero attached hydrogens (tertiary/aromatic N) is 2. The Morgan fingerprint density at radius 3 is 2.56 bits per heavy atom. The second-order valence-electron chi connectivity index (χ2n) is 6.10. The van der Waals surface area contributed by atoms with Gasteiger partial charge in [-0.05, 0) is 31.2 Å². The van der Waals surface area contributed by atoms with Crippen LogP contribution in [0.25, 0.3) is 22.0 Å². The molecular formula is C20H16F2N4O. The van der Waals surface area contributed by atoms with Gasteiger partial charge in [-0.25, -0.2) is 13.8 Å². The van der Waals surface area contributed by atoms with Crippen LogP contribution >= 0.6 is 0 Å². The third-order valence-corrected chi connectivity index (χ3v) is 4.20. The highest BCUT2D eigenvalue weighted by atomic mass is 19.1. The van der Waals surface area contributed by atoms with E-state index in [0.717, 1.165) is 17.1 Å². The van der Waals surface area contributed by atoms with Gasteiger partial charge < -0.3 is 10.1 Å². The second kappa shape index (κ2) is 6.68. The molecule has 2 heterocycles. The van der Waals surface area contributed by atoms with Gasteiger partial charge in [0, 0.05) is 34.2 Å². The van der Waals surface area contributed by atoms with Crippen LogP contribution in [0.4, 0.5) is 20.4 Å². The van der Waals surface area contributed by atoms with Crippen LogP contribution in [0, 0.1) is 18.6 Å². The van der Waals surface area contributed by atoms with Crippen LogP contribution in [0.1, 0.15) is 5.69 Å². The first-order chi connectivity index (χ1) is 13.0. The lowest BCUT2D eigenvalue weighted by molar-refractivity contribution is 0.420. The Balaban J connectivity index is 1.95. The number of nitrogens with one attached hydrogen (secondary N) is 2. The Morgan fingerprint density at radius 2 is 1.85 bits per heavy atom. The van der Waals surface area contributed by atoms with Crippen molar-refractivity contribution in [2.75, 3.05) is 12.4 Å². The lowest BCUT2D eigenvalue weighted by Gasteiger charge is -2.13. The number of pyridine rings is 1. The lowest BCUT2D eigenvalue weighted by atomic mass is 10.0. The van der Waals surface area contributed by atoms with E-state index in [-0.39, 0.29) is 5.56 Å². The van der Waals surface area contributed by atoms with Gasteiger partial charge in [0.15, 0.2) is 5.82 Å². The van der Waals surface area contributed by atoms with Gasteiger partial charge in [0.05, 0.1) is 12.8 Å². The highest BCUT2D eigenvalue weighted by molar-refractivity contribution is 6.00. The zero-order valence-electron chi connectivity index (χ0n) is 14.7. The quantitative estimate of drug-likeness (QED) is 0.536. The minimum absolute atomic E-state index is 0.205. The molecule has 0 aliphatic heterocycles. The molecule has 0 aliphatic carbocycles. The highest BCUT2D eigenvalue weighted by Crippen LogP contribution is 2.36. The van der Waals surface area contributed by atoms with Crippen LogP contribution in [0.3, 0.4) is 0 Å². The van der Waals surface area contributed by atoms with Gasteiger partial charge in [-0.3, -0.25) is 5.10 Å². The number of hydrogen-bond donors (Lipinski definition) is 2. The van der Waals surface area contributed by atoms with Crippen LogP contribution in [-0.2, 0) is 0 Å². The van der Waals surface area contributed by atoms with Gasteiger partial charge in [0.2, 0.25) is 0 Å². The summed E-state index contributed by atoms with van der Waals surface area (Å²) in [5.41, 5.74) is 1.48. The maximum absolute atomic E-state index is 14.5. The lowest BCUT2D eigenvalue weighted by Crippen LogP contribution is -1.99. The topological polar surface area (TPSA) is 62.8 Å². The summed E-state index contributed by atoms with van der Waals surface area (Å²) in [6, 6.07) is 12.5. The first-order valence-corrected chi connectivity index (χ1v) is 8.27. The number of rotatable bonds is 4. The number of aromatic amines is 1. The van der Waals surface area contributed by atoms with Crippen molar-refractivity contribution in [3.63, 3.8) is 0 Å². The fourth-order valence-corrected chi connectivity index (χ4v) is 2.99. The Labute approximate surface area is 154 Å². The van der Waals surface area contributed by atoms with E-state index in [0.29, 0.717) is 28.5 Å². The number of hydrogen-bond acceptors (Lipinski definition) is 4. The van der Waals surface area contributed by atoms with Gasteiger partial charge in [-0.2, -0.15) is 5.10 Å². The number of methoxy groups -OCH3 is 1. The summed E-state index contributed by atoms with van der Waals surface area (Å²) in [7, 11) is 1.57. The van der Waals surface area contributed by atoms with Crippen molar-refractivity contribution >= 4 is 22.4 Å². The fourth-order valence-electron chi connectivity index (χ4n) is 2.99. The summed E-state index contributed by atoms with van der Waals surface area (Å²) in [6.07, 6.45) is 0. The highest BCUT2D eigenvalue weighted by Gasteiger charge is 2.16. The molecule has 0 spiro atoms. The molecule has 2 aromatic carbocycles. The Hall–Kier alpha value is -3.48. The summed E-state index contributed by atoms with van der Waals surface area (Å²) in [5.74, 6) is 0.357. The van der Waals surface area contributed by atoms with E-state index in [1.807, 2.05) is 31.2 Å². The van der Waals surface area contributed by atoms with Crippen molar-refractivity contribution in [3.8, 4) is 17.0 Å². The number of aromatic nitrogens is 3. The van der Waals surface area contributed by atoms with E-state index in [1.165, 1.54) is 12.1 Å². The summed E-state index contributed by atoms with van der Waals surface area (Å²) in [6.45, 7) is 1.88. The third-order valence-electron chi connectivity index (χ3n) is 4.20. The van der Waals surface area contributed by atoms with E-state index in [1.54, 1.807) is 13.2 Å². The average molecular weight is 366 g/mol. The number of halogens is 2. The molecule has 2 N–H and O–H groups in total. The number of H-pyrrole nitrogens is 1. The van der Waals surface area contributed by atoms with E-state index in [9.17, 15) is 8.78 Å². The second-order valence-corrected chi connectivity index (χ2v) is 6.10. The predicted molar refractivity (Wildman–Crippen MR) is 100 cm³/mol. The maximum Gasteiger partial charge on any atom is 0.153 e. The Kier molecular flexibility index (Phi) is 4.19.